The number of aromatic nitrogens is 2. The monoisotopic (exact) mass is 331 g/mol. The molecular weight excluding hydrogens is 310 g/mol. The molecule has 122 valence electrons. The minimum absolute atomic E-state index is 0.256. The summed E-state index contributed by atoms with van der Waals surface area (Å²) in [5.41, 5.74) is 6.70. The van der Waals surface area contributed by atoms with Crippen LogP contribution < -0.4 is 16.0 Å². The second kappa shape index (κ2) is 5.96. The Hall–Kier alpha value is -1.89. The zero-order valence-electron chi connectivity index (χ0n) is 13.0. The molecule has 0 spiro atoms. The summed E-state index contributed by atoms with van der Waals surface area (Å²) in [5.74, 6) is 1.05. The van der Waals surface area contributed by atoms with Gasteiger partial charge in [0.25, 0.3) is 0 Å². The van der Waals surface area contributed by atoms with Crippen molar-refractivity contribution in [3.8, 4) is 0 Å². The van der Waals surface area contributed by atoms with Crippen LogP contribution in [0.25, 0.3) is 10.2 Å². The van der Waals surface area contributed by atoms with Crippen molar-refractivity contribution in [2.75, 3.05) is 18.0 Å². The third-order valence-corrected chi connectivity index (χ3v) is 6.09. The van der Waals surface area contributed by atoms with Crippen LogP contribution in [-0.2, 0) is 12.8 Å². The number of primary amides is 1. The molecule has 1 aliphatic heterocycles. The molecule has 2 amide bonds. The van der Waals surface area contributed by atoms with E-state index in [0.717, 1.165) is 36.5 Å². The predicted molar refractivity (Wildman–Crippen MR) is 92.0 cm³/mol. The lowest BCUT2D eigenvalue weighted by atomic mass is 10.0. The van der Waals surface area contributed by atoms with E-state index in [1.807, 2.05) is 11.3 Å². The molecule has 0 saturated carbocycles. The summed E-state index contributed by atoms with van der Waals surface area (Å²) >= 11 is 1.82. The summed E-state index contributed by atoms with van der Waals surface area (Å²) in [6.07, 6.45) is 8.60. The van der Waals surface area contributed by atoms with Crippen molar-refractivity contribution in [2.45, 2.75) is 44.6 Å². The minimum Gasteiger partial charge on any atom is -0.352 e. The van der Waals surface area contributed by atoms with Gasteiger partial charge in [-0.25, -0.2) is 14.8 Å². The number of fused-ring (bicyclic) bond motifs is 3. The van der Waals surface area contributed by atoms with Gasteiger partial charge in [0.05, 0.1) is 5.39 Å². The molecule has 0 radical (unpaired) electrons. The van der Waals surface area contributed by atoms with Crippen molar-refractivity contribution in [2.24, 2.45) is 5.73 Å². The predicted octanol–water partition coefficient (Wildman–Crippen LogP) is 2.21. The van der Waals surface area contributed by atoms with Crippen LogP contribution in [0.15, 0.2) is 6.33 Å². The van der Waals surface area contributed by atoms with E-state index in [4.69, 9.17) is 5.73 Å². The fraction of sp³-hybridized carbons (Fsp3) is 0.562. The Morgan fingerprint density at radius 2 is 2.26 bits per heavy atom. The van der Waals surface area contributed by atoms with Crippen molar-refractivity contribution >= 4 is 33.4 Å². The van der Waals surface area contributed by atoms with E-state index in [9.17, 15) is 4.79 Å². The zero-order chi connectivity index (χ0) is 15.8. The van der Waals surface area contributed by atoms with Gasteiger partial charge < -0.3 is 16.0 Å². The molecule has 1 saturated heterocycles. The Morgan fingerprint density at radius 3 is 3.13 bits per heavy atom. The number of hydrogen-bond donors (Lipinski definition) is 2. The van der Waals surface area contributed by atoms with Gasteiger partial charge in [0.15, 0.2) is 0 Å². The van der Waals surface area contributed by atoms with Crippen molar-refractivity contribution in [1.29, 1.82) is 0 Å². The standard InChI is InChI=1S/C16H21N5OS/c17-16(22)18-8-10-4-1-2-7-21(10)14-13-11-5-3-6-12(11)23-15(13)20-9-19-14/h9-10H,1-8H2,(H3,17,18,22)/t10-/m1/s1. The fourth-order valence-electron chi connectivity index (χ4n) is 3.84. The number of anilines is 1. The van der Waals surface area contributed by atoms with Gasteiger partial charge in [-0.1, -0.05) is 0 Å². The highest BCUT2D eigenvalue weighted by Gasteiger charge is 2.28. The Morgan fingerprint density at radius 1 is 1.35 bits per heavy atom. The maximum atomic E-state index is 11.1. The van der Waals surface area contributed by atoms with E-state index in [1.165, 1.54) is 35.1 Å². The number of hydrogen-bond acceptors (Lipinski definition) is 5. The highest BCUT2D eigenvalue weighted by Crippen LogP contribution is 2.41. The molecule has 4 rings (SSSR count). The van der Waals surface area contributed by atoms with Crippen LogP contribution in [0.5, 0.6) is 0 Å². The normalized spacial score (nSPS) is 20.7. The molecule has 1 aliphatic carbocycles. The van der Waals surface area contributed by atoms with Crippen molar-refractivity contribution in [1.82, 2.24) is 15.3 Å². The molecule has 2 aromatic rings. The van der Waals surface area contributed by atoms with Crippen LogP contribution in [0.4, 0.5) is 10.6 Å². The SMILES string of the molecule is NC(=O)NC[C@H]1CCCCN1c1ncnc2sc3c(c12)CCC3. The average molecular weight is 331 g/mol. The van der Waals surface area contributed by atoms with Crippen LogP contribution in [0, 0.1) is 0 Å². The number of aryl methyl sites for hydroxylation is 2. The number of nitrogens with two attached hydrogens (primary N) is 1. The Labute approximate surface area is 139 Å². The lowest BCUT2D eigenvalue weighted by molar-refractivity contribution is 0.247. The smallest absolute Gasteiger partial charge is 0.312 e. The Bertz CT molecular complexity index is 743. The number of amides is 2. The van der Waals surface area contributed by atoms with Gasteiger partial charge in [0.1, 0.15) is 17.0 Å². The van der Waals surface area contributed by atoms with E-state index in [1.54, 1.807) is 6.33 Å². The number of carbonyl (C=O) groups excluding carboxylic acids is 1. The van der Waals surface area contributed by atoms with Gasteiger partial charge in [-0.15, -0.1) is 11.3 Å². The molecule has 7 heteroatoms. The molecule has 0 bridgehead atoms. The maximum Gasteiger partial charge on any atom is 0.312 e. The van der Waals surface area contributed by atoms with Gasteiger partial charge in [-0.3, -0.25) is 0 Å². The van der Waals surface area contributed by atoms with E-state index >= 15 is 0 Å². The largest absolute Gasteiger partial charge is 0.352 e. The third kappa shape index (κ3) is 2.63. The number of urea groups is 1. The first kappa shape index (κ1) is 14.7. The molecule has 0 aromatic carbocycles. The molecule has 1 atom stereocenters. The summed E-state index contributed by atoms with van der Waals surface area (Å²) in [7, 11) is 0. The van der Waals surface area contributed by atoms with Crippen molar-refractivity contribution in [3.05, 3.63) is 16.8 Å². The number of thiophene rings is 1. The van der Waals surface area contributed by atoms with E-state index in [0.29, 0.717) is 6.54 Å². The molecule has 0 unspecified atom stereocenters. The minimum atomic E-state index is -0.459. The van der Waals surface area contributed by atoms with Gasteiger partial charge in [-0.05, 0) is 44.1 Å². The fourth-order valence-corrected chi connectivity index (χ4v) is 5.06. The van der Waals surface area contributed by atoms with Crippen molar-refractivity contribution < 1.29 is 4.79 Å². The zero-order valence-corrected chi connectivity index (χ0v) is 13.9. The summed E-state index contributed by atoms with van der Waals surface area (Å²) in [6, 6.07) is -0.203. The van der Waals surface area contributed by atoms with Gasteiger partial charge in [-0.2, -0.15) is 0 Å². The van der Waals surface area contributed by atoms with Gasteiger partial charge >= 0.3 is 6.03 Å². The average Bonchev–Trinajstić information content (AvgIpc) is 3.13. The molecule has 2 aliphatic rings. The van der Waals surface area contributed by atoms with Crippen LogP contribution in [0.2, 0.25) is 0 Å². The van der Waals surface area contributed by atoms with Crippen LogP contribution >= 0.6 is 11.3 Å². The first-order chi connectivity index (χ1) is 11.2. The number of carbonyl (C=O) groups is 1. The first-order valence-corrected chi connectivity index (χ1v) is 9.11. The molecule has 3 heterocycles. The summed E-state index contributed by atoms with van der Waals surface area (Å²) in [4.78, 5) is 25.1. The van der Waals surface area contributed by atoms with E-state index in [-0.39, 0.29) is 6.04 Å². The molecule has 3 N–H and O–H groups in total. The van der Waals surface area contributed by atoms with Gasteiger partial charge in [0, 0.05) is 24.0 Å². The summed E-state index contributed by atoms with van der Waals surface area (Å²) < 4.78 is 0. The number of rotatable bonds is 3. The summed E-state index contributed by atoms with van der Waals surface area (Å²) in [5, 5.41) is 4.01. The van der Waals surface area contributed by atoms with Crippen LogP contribution in [0.1, 0.15) is 36.1 Å². The molecule has 6 nitrogen and oxygen atoms in total. The number of nitrogens with one attached hydrogen (secondary N) is 1. The second-order valence-electron chi connectivity index (χ2n) is 6.32. The maximum absolute atomic E-state index is 11.1. The quantitative estimate of drug-likeness (QED) is 0.903. The highest BCUT2D eigenvalue weighted by atomic mass is 32.1. The first-order valence-electron chi connectivity index (χ1n) is 8.29. The third-order valence-electron chi connectivity index (χ3n) is 4.89. The van der Waals surface area contributed by atoms with Crippen LogP contribution in [0.3, 0.4) is 0 Å². The van der Waals surface area contributed by atoms with Crippen LogP contribution in [-0.4, -0.2) is 35.1 Å². The number of nitrogens with zero attached hydrogens (tertiary/aromatic N) is 3. The van der Waals surface area contributed by atoms with E-state index in [2.05, 4.69) is 20.2 Å². The van der Waals surface area contributed by atoms with Gasteiger partial charge in [0.2, 0.25) is 0 Å². The van der Waals surface area contributed by atoms with Crippen molar-refractivity contribution in [3.63, 3.8) is 0 Å². The highest BCUT2D eigenvalue weighted by molar-refractivity contribution is 7.19. The number of piperidine rings is 1. The lowest BCUT2D eigenvalue weighted by Gasteiger charge is -2.37. The Kier molecular flexibility index (Phi) is 3.80. The van der Waals surface area contributed by atoms with E-state index < -0.39 is 6.03 Å². The Balaban J connectivity index is 1.73. The molecule has 2 aromatic heterocycles. The lowest BCUT2D eigenvalue weighted by Crippen LogP contribution is -2.48. The topological polar surface area (TPSA) is 84.1 Å². The molecule has 23 heavy (non-hydrogen) atoms. The summed E-state index contributed by atoms with van der Waals surface area (Å²) in [6.45, 7) is 1.55. The second-order valence-corrected chi connectivity index (χ2v) is 7.41. The molecular formula is C16H21N5OS. The molecule has 1 fully saturated rings.